The molecule has 2 aromatic carbocycles. The number of amides is 1. The summed E-state index contributed by atoms with van der Waals surface area (Å²) in [5.74, 6) is 0.712. The second-order valence-corrected chi connectivity index (χ2v) is 11.4. The minimum Gasteiger partial charge on any atom is -0.491 e. The number of benzene rings is 2. The number of thioether (sulfide) groups is 1. The van der Waals surface area contributed by atoms with Crippen molar-refractivity contribution in [3.05, 3.63) is 65.0 Å². The maximum absolute atomic E-state index is 14.5. The Bertz CT molecular complexity index is 1040. The largest absolute Gasteiger partial charge is 0.491 e. The summed E-state index contributed by atoms with van der Waals surface area (Å²) in [4.78, 5) is 14.6. The fraction of sp³-hybridized carbons (Fsp3) is 0.545. The monoisotopic (exact) mass is 570 g/mol. The Morgan fingerprint density at radius 2 is 1.55 bits per heavy atom. The molecule has 5 nitrogen and oxygen atoms in total. The number of ether oxygens (including phenoxy) is 2. The van der Waals surface area contributed by atoms with Gasteiger partial charge >= 0.3 is 0 Å². The first-order valence-corrected chi connectivity index (χ1v) is 16.1. The van der Waals surface area contributed by atoms with Crippen molar-refractivity contribution in [1.82, 2.24) is 4.90 Å². The Morgan fingerprint density at radius 1 is 0.900 bits per heavy atom. The lowest BCUT2D eigenvalue weighted by Crippen LogP contribution is -2.20. The SMILES string of the molecule is CCCCCCCCCCCCCCOc1ccc(OCC(=O)Nc2ccc(CN3CSC=C3C)cc2)cc1F. The van der Waals surface area contributed by atoms with Gasteiger partial charge in [0.15, 0.2) is 18.2 Å². The molecule has 0 bridgehead atoms. The van der Waals surface area contributed by atoms with Crippen LogP contribution in [-0.2, 0) is 11.3 Å². The first-order chi connectivity index (χ1) is 19.5. The minimum atomic E-state index is -0.478. The Kier molecular flexibility index (Phi) is 14.8. The number of nitrogens with one attached hydrogen (secondary N) is 1. The third-order valence-electron chi connectivity index (χ3n) is 7.12. The van der Waals surface area contributed by atoms with E-state index in [1.807, 2.05) is 24.3 Å². The fourth-order valence-corrected chi connectivity index (χ4v) is 5.61. The van der Waals surface area contributed by atoms with Crippen LogP contribution in [0, 0.1) is 5.82 Å². The molecule has 0 atom stereocenters. The van der Waals surface area contributed by atoms with Gasteiger partial charge in [-0.2, -0.15) is 0 Å². The van der Waals surface area contributed by atoms with Crippen molar-refractivity contribution in [1.29, 1.82) is 0 Å². The molecule has 1 aliphatic heterocycles. The van der Waals surface area contributed by atoms with Gasteiger partial charge in [0.2, 0.25) is 0 Å². The highest BCUT2D eigenvalue weighted by Crippen LogP contribution is 2.25. The number of carbonyl (C=O) groups excluding carboxylic acids is 1. The average molecular weight is 571 g/mol. The Balaban J connectivity index is 1.24. The van der Waals surface area contributed by atoms with E-state index in [1.165, 1.54) is 81.5 Å². The third kappa shape index (κ3) is 12.2. The predicted octanol–water partition coefficient (Wildman–Crippen LogP) is 9.29. The van der Waals surface area contributed by atoms with Crippen LogP contribution in [0.2, 0.25) is 0 Å². The summed E-state index contributed by atoms with van der Waals surface area (Å²) in [6, 6.07) is 12.3. The zero-order valence-electron chi connectivity index (χ0n) is 24.4. The summed E-state index contributed by atoms with van der Waals surface area (Å²) >= 11 is 1.80. The number of rotatable bonds is 20. The van der Waals surface area contributed by atoms with E-state index in [9.17, 15) is 9.18 Å². The molecule has 0 aliphatic carbocycles. The topological polar surface area (TPSA) is 50.8 Å². The molecular weight excluding hydrogens is 523 g/mol. The van der Waals surface area contributed by atoms with Gasteiger partial charge < -0.3 is 19.7 Å². The quantitative estimate of drug-likeness (QED) is 0.161. The molecule has 220 valence electrons. The third-order valence-corrected chi connectivity index (χ3v) is 8.09. The number of allylic oxidation sites excluding steroid dienone is 1. The molecule has 1 amide bonds. The highest BCUT2D eigenvalue weighted by atomic mass is 32.2. The van der Waals surface area contributed by atoms with Gasteiger partial charge in [0.1, 0.15) is 5.75 Å². The minimum absolute atomic E-state index is 0.199. The molecule has 0 fully saturated rings. The fourth-order valence-electron chi connectivity index (χ4n) is 4.67. The number of hydrogen-bond donors (Lipinski definition) is 1. The maximum Gasteiger partial charge on any atom is 0.262 e. The molecule has 0 saturated heterocycles. The number of carbonyl (C=O) groups is 1. The molecular formula is C33H47FN2O3S. The molecule has 0 saturated carbocycles. The highest BCUT2D eigenvalue weighted by Gasteiger charge is 2.12. The maximum atomic E-state index is 14.5. The van der Waals surface area contributed by atoms with Gasteiger partial charge in [-0.3, -0.25) is 4.79 Å². The summed E-state index contributed by atoms with van der Waals surface area (Å²) in [5.41, 5.74) is 3.16. The zero-order valence-corrected chi connectivity index (χ0v) is 25.2. The van der Waals surface area contributed by atoms with Crippen LogP contribution in [0.3, 0.4) is 0 Å². The molecule has 0 aromatic heterocycles. The van der Waals surface area contributed by atoms with E-state index < -0.39 is 5.82 Å². The van der Waals surface area contributed by atoms with Crippen molar-refractivity contribution in [2.45, 2.75) is 97.4 Å². The molecule has 3 rings (SSSR count). The van der Waals surface area contributed by atoms with E-state index in [-0.39, 0.29) is 18.3 Å². The van der Waals surface area contributed by atoms with Crippen molar-refractivity contribution in [3.63, 3.8) is 0 Å². The van der Waals surface area contributed by atoms with Gasteiger partial charge in [0.05, 0.1) is 12.5 Å². The lowest BCUT2D eigenvalue weighted by Gasteiger charge is -2.19. The average Bonchev–Trinajstić information content (AvgIpc) is 3.36. The lowest BCUT2D eigenvalue weighted by molar-refractivity contribution is -0.118. The van der Waals surface area contributed by atoms with Gasteiger partial charge in [0, 0.05) is 24.0 Å². The molecule has 0 radical (unpaired) electrons. The number of hydrogen-bond acceptors (Lipinski definition) is 5. The molecule has 2 aromatic rings. The van der Waals surface area contributed by atoms with E-state index in [1.54, 1.807) is 23.9 Å². The van der Waals surface area contributed by atoms with E-state index >= 15 is 0 Å². The normalized spacial score (nSPS) is 12.9. The van der Waals surface area contributed by atoms with E-state index in [0.29, 0.717) is 18.0 Å². The van der Waals surface area contributed by atoms with Gasteiger partial charge in [-0.25, -0.2) is 4.39 Å². The lowest BCUT2D eigenvalue weighted by atomic mass is 10.1. The van der Waals surface area contributed by atoms with Crippen LogP contribution >= 0.6 is 11.8 Å². The smallest absolute Gasteiger partial charge is 0.262 e. The van der Waals surface area contributed by atoms with Crippen molar-refractivity contribution in [2.24, 2.45) is 0 Å². The van der Waals surface area contributed by atoms with Gasteiger partial charge in [0.25, 0.3) is 5.91 Å². The van der Waals surface area contributed by atoms with Crippen LogP contribution in [-0.4, -0.2) is 29.9 Å². The van der Waals surface area contributed by atoms with Crippen molar-refractivity contribution in [2.75, 3.05) is 24.4 Å². The molecule has 1 N–H and O–H groups in total. The summed E-state index contributed by atoms with van der Waals surface area (Å²) in [7, 11) is 0. The summed E-state index contributed by atoms with van der Waals surface area (Å²) in [6.45, 7) is 5.52. The molecule has 1 heterocycles. The van der Waals surface area contributed by atoms with Crippen molar-refractivity contribution >= 4 is 23.4 Å². The Morgan fingerprint density at radius 3 is 2.15 bits per heavy atom. The van der Waals surface area contributed by atoms with Gasteiger partial charge in [-0.1, -0.05) is 89.7 Å². The van der Waals surface area contributed by atoms with Crippen LogP contribution in [0.15, 0.2) is 53.6 Å². The molecule has 0 spiro atoms. The summed E-state index contributed by atoms with van der Waals surface area (Å²) < 4.78 is 25.6. The van der Waals surface area contributed by atoms with Crippen LogP contribution in [0.25, 0.3) is 0 Å². The standard InChI is InChI=1S/C33H47FN2O3S/c1-3-4-5-6-7-8-9-10-11-12-13-14-21-38-32-20-19-30(22-31(32)34)39-24-33(37)35-29-17-15-28(16-18-29)23-36-26-40-25-27(36)2/h15-20,22,25H,3-14,21,23-24,26H2,1-2H3,(H,35,37). The Hall–Kier alpha value is -2.67. The molecule has 1 aliphatic rings. The summed E-state index contributed by atoms with van der Waals surface area (Å²) in [5, 5.41) is 4.99. The first kappa shape index (κ1) is 31.9. The van der Waals surface area contributed by atoms with Crippen LogP contribution in [0.4, 0.5) is 10.1 Å². The molecule has 40 heavy (non-hydrogen) atoms. The first-order valence-electron chi connectivity index (χ1n) is 15.0. The van der Waals surface area contributed by atoms with Crippen LogP contribution < -0.4 is 14.8 Å². The van der Waals surface area contributed by atoms with E-state index in [2.05, 4.69) is 29.5 Å². The van der Waals surface area contributed by atoms with E-state index in [0.717, 1.165) is 25.3 Å². The number of nitrogens with zero attached hydrogens (tertiary/aromatic N) is 1. The van der Waals surface area contributed by atoms with E-state index in [4.69, 9.17) is 9.47 Å². The van der Waals surface area contributed by atoms with Crippen LogP contribution in [0.1, 0.15) is 96.5 Å². The van der Waals surface area contributed by atoms with Crippen molar-refractivity contribution < 1.29 is 18.7 Å². The predicted molar refractivity (Wildman–Crippen MR) is 165 cm³/mol. The second kappa shape index (κ2) is 18.6. The van der Waals surface area contributed by atoms with Crippen LogP contribution in [0.5, 0.6) is 11.5 Å². The summed E-state index contributed by atoms with van der Waals surface area (Å²) in [6.07, 6.45) is 15.3. The molecule has 7 heteroatoms. The van der Waals surface area contributed by atoms with Gasteiger partial charge in [-0.15, -0.1) is 11.8 Å². The molecule has 0 unspecified atom stereocenters. The number of anilines is 1. The Labute approximate surface area is 244 Å². The number of halogens is 1. The number of unbranched alkanes of at least 4 members (excludes halogenated alkanes) is 11. The highest BCUT2D eigenvalue weighted by molar-refractivity contribution is 8.02. The second-order valence-electron chi connectivity index (χ2n) is 10.6. The van der Waals surface area contributed by atoms with Gasteiger partial charge in [-0.05, 0) is 48.6 Å². The zero-order chi connectivity index (χ0) is 28.4. The van der Waals surface area contributed by atoms with Crippen molar-refractivity contribution in [3.8, 4) is 11.5 Å².